The summed E-state index contributed by atoms with van der Waals surface area (Å²) >= 11 is 0. The largest absolute Gasteiger partial charge is 0.494 e. The van der Waals surface area contributed by atoms with Gasteiger partial charge < -0.3 is 20.5 Å². The number of anilines is 1. The van der Waals surface area contributed by atoms with Crippen molar-refractivity contribution in [2.45, 2.75) is 19.4 Å². The van der Waals surface area contributed by atoms with Gasteiger partial charge in [-0.3, -0.25) is 0 Å². The molecule has 104 valence electrons. The first-order valence-corrected chi connectivity index (χ1v) is 5.42. The van der Waals surface area contributed by atoms with Crippen LogP contribution in [0.3, 0.4) is 0 Å². The van der Waals surface area contributed by atoms with Crippen LogP contribution in [0, 0.1) is 5.82 Å². The van der Waals surface area contributed by atoms with Gasteiger partial charge in [-0.05, 0) is 26.0 Å². The molecule has 0 aliphatic heterocycles. The Kier molecular flexibility index (Phi) is 4.31. The van der Waals surface area contributed by atoms with E-state index in [0.29, 0.717) is 0 Å². The Balaban J connectivity index is 2.80. The molecule has 0 fully saturated rings. The molecular formula is C12H15FN2O4. The Labute approximate surface area is 109 Å². The van der Waals surface area contributed by atoms with Gasteiger partial charge in [0.1, 0.15) is 17.1 Å². The van der Waals surface area contributed by atoms with Gasteiger partial charge in [-0.25, -0.2) is 14.0 Å². The van der Waals surface area contributed by atoms with Gasteiger partial charge in [0.25, 0.3) is 0 Å². The maximum absolute atomic E-state index is 13.0. The predicted octanol–water partition coefficient (Wildman–Crippen LogP) is 1.82. The third-order valence-corrected chi connectivity index (χ3v) is 2.37. The number of rotatable bonds is 4. The number of carboxylic acid groups (broad SMARTS) is 1. The van der Waals surface area contributed by atoms with E-state index in [4.69, 9.17) is 9.84 Å². The second-order valence-electron chi connectivity index (χ2n) is 4.35. The summed E-state index contributed by atoms with van der Waals surface area (Å²) in [5, 5.41) is 13.5. The molecule has 3 N–H and O–H groups in total. The molecule has 2 amide bonds. The summed E-state index contributed by atoms with van der Waals surface area (Å²) in [6.07, 6.45) is 0. The predicted molar refractivity (Wildman–Crippen MR) is 66.8 cm³/mol. The third-order valence-electron chi connectivity index (χ3n) is 2.37. The molecule has 19 heavy (non-hydrogen) atoms. The number of carbonyl (C=O) groups is 2. The number of methoxy groups -OCH3 is 1. The van der Waals surface area contributed by atoms with E-state index in [1.165, 1.54) is 27.0 Å². The van der Waals surface area contributed by atoms with Crippen molar-refractivity contribution in [1.29, 1.82) is 0 Å². The SMILES string of the molecule is COc1cc(F)ccc1NC(=O)NC(C)(C)C(=O)O. The van der Waals surface area contributed by atoms with E-state index in [-0.39, 0.29) is 11.4 Å². The van der Waals surface area contributed by atoms with Gasteiger partial charge in [-0.15, -0.1) is 0 Å². The number of aliphatic carboxylic acids is 1. The molecular weight excluding hydrogens is 255 g/mol. The van der Waals surface area contributed by atoms with Crippen LogP contribution in [0.1, 0.15) is 13.8 Å². The molecule has 0 radical (unpaired) electrons. The molecule has 1 aromatic carbocycles. The number of hydrogen-bond donors (Lipinski definition) is 3. The van der Waals surface area contributed by atoms with Crippen LogP contribution >= 0.6 is 0 Å². The Hall–Kier alpha value is -2.31. The molecule has 0 aliphatic rings. The summed E-state index contributed by atoms with van der Waals surface area (Å²) in [5.74, 6) is -1.54. The smallest absolute Gasteiger partial charge is 0.328 e. The van der Waals surface area contributed by atoms with Gasteiger partial charge in [0.05, 0.1) is 12.8 Å². The molecule has 7 heteroatoms. The van der Waals surface area contributed by atoms with Crippen molar-refractivity contribution in [3.8, 4) is 5.75 Å². The Morgan fingerprint density at radius 3 is 2.53 bits per heavy atom. The molecule has 0 atom stereocenters. The lowest BCUT2D eigenvalue weighted by atomic mass is 10.1. The monoisotopic (exact) mass is 270 g/mol. The topological polar surface area (TPSA) is 87.7 Å². The zero-order valence-corrected chi connectivity index (χ0v) is 10.8. The fraction of sp³-hybridized carbons (Fsp3) is 0.333. The summed E-state index contributed by atoms with van der Waals surface area (Å²) in [4.78, 5) is 22.5. The Morgan fingerprint density at radius 2 is 2.00 bits per heavy atom. The zero-order valence-electron chi connectivity index (χ0n) is 10.8. The fourth-order valence-corrected chi connectivity index (χ4v) is 1.26. The maximum Gasteiger partial charge on any atom is 0.328 e. The second kappa shape index (κ2) is 5.55. The summed E-state index contributed by atoms with van der Waals surface area (Å²) in [6.45, 7) is 2.69. The number of nitrogens with one attached hydrogen (secondary N) is 2. The minimum atomic E-state index is -1.42. The first-order chi connectivity index (χ1) is 8.76. The normalized spacial score (nSPS) is 10.7. The lowest BCUT2D eigenvalue weighted by Crippen LogP contribution is -2.51. The third kappa shape index (κ3) is 3.84. The van der Waals surface area contributed by atoms with Crippen molar-refractivity contribution in [1.82, 2.24) is 5.32 Å². The molecule has 0 unspecified atom stereocenters. The van der Waals surface area contributed by atoms with Gasteiger partial charge in [0.15, 0.2) is 0 Å². The molecule has 6 nitrogen and oxygen atoms in total. The van der Waals surface area contributed by atoms with Crippen molar-refractivity contribution >= 4 is 17.7 Å². The van der Waals surface area contributed by atoms with Crippen molar-refractivity contribution in [2.75, 3.05) is 12.4 Å². The number of amides is 2. The maximum atomic E-state index is 13.0. The zero-order chi connectivity index (χ0) is 14.6. The van der Waals surface area contributed by atoms with Crippen LogP contribution in [0.25, 0.3) is 0 Å². The summed E-state index contributed by atoms with van der Waals surface area (Å²) < 4.78 is 17.9. The highest BCUT2D eigenvalue weighted by atomic mass is 19.1. The molecule has 0 saturated heterocycles. The van der Waals surface area contributed by atoms with E-state index in [1.807, 2.05) is 0 Å². The van der Waals surface area contributed by atoms with Crippen molar-refractivity contribution in [2.24, 2.45) is 0 Å². The molecule has 0 spiro atoms. The number of ether oxygens (including phenoxy) is 1. The second-order valence-corrected chi connectivity index (χ2v) is 4.35. The molecule has 0 bridgehead atoms. The van der Waals surface area contributed by atoms with Crippen LogP contribution < -0.4 is 15.4 Å². The first kappa shape index (κ1) is 14.7. The van der Waals surface area contributed by atoms with E-state index < -0.39 is 23.4 Å². The van der Waals surface area contributed by atoms with Crippen LogP contribution in [0.5, 0.6) is 5.75 Å². The van der Waals surface area contributed by atoms with Crippen molar-refractivity contribution < 1.29 is 23.8 Å². The average molecular weight is 270 g/mol. The number of benzene rings is 1. The standard InChI is InChI=1S/C12H15FN2O4/c1-12(2,10(16)17)15-11(18)14-8-5-4-7(13)6-9(8)19-3/h4-6H,1-3H3,(H,16,17)(H2,14,15,18). The summed E-state index contributed by atoms with van der Waals surface area (Å²) in [5.41, 5.74) is -1.18. The van der Waals surface area contributed by atoms with Crippen LogP contribution in [-0.2, 0) is 4.79 Å². The Morgan fingerprint density at radius 1 is 1.37 bits per heavy atom. The van der Waals surface area contributed by atoms with Crippen LogP contribution in [0.15, 0.2) is 18.2 Å². The molecule has 0 aromatic heterocycles. The minimum absolute atomic E-state index is 0.142. The highest BCUT2D eigenvalue weighted by molar-refractivity contribution is 5.94. The molecule has 1 rings (SSSR count). The molecule has 0 heterocycles. The van der Waals surface area contributed by atoms with Crippen molar-refractivity contribution in [3.63, 3.8) is 0 Å². The average Bonchev–Trinajstić information content (AvgIpc) is 2.30. The number of hydrogen-bond acceptors (Lipinski definition) is 3. The molecule has 0 aliphatic carbocycles. The number of halogens is 1. The van der Waals surface area contributed by atoms with Crippen LogP contribution in [-0.4, -0.2) is 29.8 Å². The van der Waals surface area contributed by atoms with E-state index in [2.05, 4.69) is 10.6 Å². The number of urea groups is 1. The van der Waals surface area contributed by atoms with Gasteiger partial charge in [-0.2, -0.15) is 0 Å². The van der Waals surface area contributed by atoms with E-state index in [9.17, 15) is 14.0 Å². The number of carboxylic acids is 1. The quantitative estimate of drug-likeness (QED) is 0.778. The first-order valence-electron chi connectivity index (χ1n) is 5.42. The van der Waals surface area contributed by atoms with Gasteiger partial charge >= 0.3 is 12.0 Å². The van der Waals surface area contributed by atoms with Crippen LogP contribution in [0.2, 0.25) is 0 Å². The van der Waals surface area contributed by atoms with Crippen LogP contribution in [0.4, 0.5) is 14.9 Å². The fourth-order valence-electron chi connectivity index (χ4n) is 1.26. The van der Waals surface area contributed by atoms with Gasteiger partial charge in [0, 0.05) is 6.07 Å². The number of carbonyl (C=O) groups excluding carboxylic acids is 1. The van der Waals surface area contributed by atoms with Gasteiger partial charge in [0.2, 0.25) is 0 Å². The lowest BCUT2D eigenvalue weighted by molar-refractivity contribution is -0.142. The Bertz CT molecular complexity index is 503. The molecule has 1 aromatic rings. The molecule has 0 saturated carbocycles. The minimum Gasteiger partial charge on any atom is -0.494 e. The van der Waals surface area contributed by atoms with Gasteiger partial charge in [-0.1, -0.05) is 0 Å². The highest BCUT2D eigenvalue weighted by Gasteiger charge is 2.29. The lowest BCUT2D eigenvalue weighted by Gasteiger charge is -2.21. The van der Waals surface area contributed by atoms with E-state index >= 15 is 0 Å². The summed E-state index contributed by atoms with van der Waals surface area (Å²) in [7, 11) is 1.33. The van der Waals surface area contributed by atoms with E-state index in [1.54, 1.807) is 0 Å². The highest BCUT2D eigenvalue weighted by Crippen LogP contribution is 2.24. The summed E-state index contributed by atoms with van der Waals surface area (Å²) in [6, 6.07) is 2.86. The van der Waals surface area contributed by atoms with Crippen molar-refractivity contribution in [3.05, 3.63) is 24.0 Å². The van der Waals surface area contributed by atoms with E-state index in [0.717, 1.165) is 12.1 Å².